The summed E-state index contributed by atoms with van der Waals surface area (Å²) < 4.78 is 18.9. The molecule has 1 aliphatic heterocycles. The highest BCUT2D eigenvalue weighted by molar-refractivity contribution is 9.10. The first-order chi connectivity index (χ1) is 9.54. The van der Waals surface area contributed by atoms with Crippen LogP contribution < -0.4 is 0 Å². The van der Waals surface area contributed by atoms with E-state index in [-0.39, 0.29) is 17.6 Å². The lowest BCUT2D eigenvalue weighted by Crippen LogP contribution is -2.36. The van der Waals surface area contributed by atoms with Gasteiger partial charge in [0.2, 0.25) is 0 Å². The molecule has 0 bridgehead atoms. The van der Waals surface area contributed by atoms with Crippen LogP contribution in [-0.2, 0) is 13.0 Å². The Kier molecular flexibility index (Phi) is 3.29. The molecule has 5 nitrogen and oxygen atoms in total. The van der Waals surface area contributed by atoms with Crippen LogP contribution in [-0.4, -0.2) is 27.5 Å². The fourth-order valence-electron chi connectivity index (χ4n) is 2.24. The average molecular weight is 340 g/mol. The number of hydrogen-bond acceptors (Lipinski definition) is 4. The molecule has 2 heterocycles. The van der Waals surface area contributed by atoms with Crippen LogP contribution in [0.2, 0.25) is 0 Å². The summed E-state index contributed by atoms with van der Waals surface area (Å²) in [5.74, 6) is -0.254. The van der Waals surface area contributed by atoms with E-state index in [9.17, 15) is 9.18 Å². The third kappa shape index (κ3) is 2.33. The fourth-order valence-corrected chi connectivity index (χ4v) is 2.63. The molecule has 0 saturated carbocycles. The molecule has 2 aromatic rings. The van der Waals surface area contributed by atoms with Gasteiger partial charge >= 0.3 is 11.8 Å². The molecule has 0 radical (unpaired) electrons. The largest absolute Gasteiger partial charge is 0.330 e. The second kappa shape index (κ2) is 4.97. The monoisotopic (exact) mass is 339 g/mol. The molecule has 7 heteroatoms. The van der Waals surface area contributed by atoms with E-state index in [1.165, 1.54) is 6.07 Å². The Hall–Kier alpha value is -1.76. The van der Waals surface area contributed by atoms with Crippen molar-refractivity contribution in [1.29, 1.82) is 0 Å². The van der Waals surface area contributed by atoms with Crippen molar-refractivity contribution in [3.63, 3.8) is 0 Å². The van der Waals surface area contributed by atoms with Crippen LogP contribution in [0.5, 0.6) is 0 Å². The Morgan fingerprint density at radius 2 is 2.25 bits per heavy atom. The highest BCUT2D eigenvalue weighted by atomic mass is 79.9. The molecule has 104 valence electrons. The molecule has 0 spiro atoms. The fraction of sp³-hybridized carbons (Fsp3) is 0.308. The number of amides is 1. The smallest absolute Gasteiger partial charge is 0.316 e. The van der Waals surface area contributed by atoms with Crippen molar-refractivity contribution in [2.45, 2.75) is 19.9 Å². The zero-order valence-corrected chi connectivity index (χ0v) is 12.3. The Balaban J connectivity index is 1.85. The van der Waals surface area contributed by atoms with Crippen LogP contribution in [0.1, 0.15) is 27.6 Å². The Labute approximate surface area is 122 Å². The summed E-state index contributed by atoms with van der Waals surface area (Å²) in [4.78, 5) is 17.7. The molecule has 20 heavy (non-hydrogen) atoms. The highest BCUT2D eigenvalue weighted by Gasteiger charge is 2.26. The first-order valence-corrected chi connectivity index (χ1v) is 6.90. The van der Waals surface area contributed by atoms with Crippen LogP contribution in [0.15, 0.2) is 21.1 Å². The summed E-state index contributed by atoms with van der Waals surface area (Å²) in [6.07, 6.45) is 0.674. The third-order valence-corrected chi connectivity index (χ3v) is 3.86. The number of rotatable bonds is 1. The van der Waals surface area contributed by atoms with E-state index >= 15 is 0 Å². The van der Waals surface area contributed by atoms with Crippen molar-refractivity contribution in [2.24, 2.45) is 0 Å². The van der Waals surface area contributed by atoms with E-state index in [1.54, 1.807) is 17.9 Å². The molecule has 0 saturated heterocycles. The van der Waals surface area contributed by atoms with Crippen molar-refractivity contribution in [3.8, 4) is 0 Å². The van der Waals surface area contributed by atoms with Gasteiger partial charge in [-0.05, 0) is 52.5 Å². The normalized spacial score (nSPS) is 14.2. The first kappa shape index (κ1) is 13.2. The van der Waals surface area contributed by atoms with Crippen molar-refractivity contribution in [2.75, 3.05) is 6.54 Å². The van der Waals surface area contributed by atoms with Gasteiger partial charge in [-0.3, -0.25) is 4.79 Å². The minimum Gasteiger partial charge on any atom is -0.330 e. The van der Waals surface area contributed by atoms with Gasteiger partial charge in [0.1, 0.15) is 5.82 Å². The van der Waals surface area contributed by atoms with E-state index < -0.39 is 0 Å². The maximum Gasteiger partial charge on any atom is 0.316 e. The highest BCUT2D eigenvalue weighted by Crippen LogP contribution is 2.26. The van der Waals surface area contributed by atoms with Crippen LogP contribution in [0.4, 0.5) is 4.39 Å². The van der Waals surface area contributed by atoms with Gasteiger partial charge in [-0.25, -0.2) is 4.39 Å². The van der Waals surface area contributed by atoms with Gasteiger partial charge in [0.05, 0.1) is 4.47 Å². The zero-order valence-electron chi connectivity index (χ0n) is 10.7. The molecule has 1 aromatic carbocycles. The lowest BCUT2D eigenvalue weighted by Gasteiger charge is -2.27. The third-order valence-electron chi connectivity index (χ3n) is 3.25. The van der Waals surface area contributed by atoms with Crippen LogP contribution in [0.25, 0.3) is 0 Å². The standard InChI is InChI=1S/C13H11BrFN3O2/c1-7-16-12(20-17-7)13(19)18-3-2-8-4-10(14)11(15)5-9(8)6-18/h4-5H,2-3,6H2,1H3. The van der Waals surface area contributed by atoms with Gasteiger partial charge in [0.25, 0.3) is 0 Å². The van der Waals surface area contributed by atoms with Gasteiger partial charge in [-0.2, -0.15) is 4.98 Å². The summed E-state index contributed by atoms with van der Waals surface area (Å²) >= 11 is 3.17. The number of hydrogen-bond donors (Lipinski definition) is 0. The molecular weight excluding hydrogens is 329 g/mol. The predicted octanol–water partition coefficient (Wildman–Crippen LogP) is 2.48. The van der Waals surface area contributed by atoms with Crippen LogP contribution >= 0.6 is 15.9 Å². The lowest BCUT2D eigenvalue weighted by molar-refractivity contribution is 0.0684. The van der Waals surface area contributed by atoms with Gasteiger partial charge in [0, 0.05) is 13.1 Å². The molecule has 0 aliphatic carbocycles. The number of carbonyl (C=O) groups is 1. The van der Waals surface area contributed by atoms with Gasteiger partial charge in [0.15, 0.2) is 5.82 Å². The molecule has 0 atom stereocenters. The van der Waals surface area contributed by atoms with E-state index in [0.717, 1.165) is 11.1 Å². The Morgan fingerprint density at radius 1 is 1.45 bits per heavy atom. The summed E-state index contributed by atoms with van der Waals surface area (Å²) in [6, 6.07) is 3.22. The maximum atomic E-state index is 13.6. The van der Waals surface area contributed by atoms with E-state index in [4.69, 9.17) is 4.52 Å². The minimum atomic E-state index is -0.327. The number of carbonyl (C=O) groups excluding carboxylic acids is 1. The van der Waals surface area contributed by atoms with Crippen molar-refractivity contribution in [3.05, 3.63) is 45.3 Å². The van der Waals surface area contributed by atoms with E-state index in [1.807, 2.05) is 0 Å². The van der Waals surface area contributed by atoms with E-state index in [2.05, 4.69) is 26.1 Å². The molecule has 0 N–H and O–H groups in total. The lowest BCUT2D eigenvalue weighted by atomic mass is 9.99. The summed E-state index contributed by atoms with van der Waals surface area (Å²) in [5.41, 5.74) is 1.85. The van der Waals surface area contributed by atoms with Crippen molar-refractivity contribution >= 4 is 21.8 Å². The summed E-state index contributed by atoms with van der Waals surface area (Å²) in [7, 11) is 0. The van der Waals surface area contributed by atoms with Gasteiger partial charge < -0.3 is 9.42 Å². The summed E-state index contributed by atoms with van der Waals surface area (Å²) in [5, 5.41) is 3.60. The molecule has 3 rings (SSSR count). The van der Waals surface area contributed by atoms with Gasteiger partial charge in [-0.1, -0.05) is 5.16 Å². The number of nitrogens with zero attached hydrogens (tertiary/aromatic N) is 3. The Bertz CT molecular complexity index is 686. The number of fused-ring (bicyclic) bond motifs is 1. The molecule has 0 fully saturated rings. The molecule has 0 unspecified atom stereocenters. The quantitative estimate of drug-likeness (QED) is 0.800. The number of aromatic nitrogens is 2. The molecular formula is C13H11BrFN3O2. The molecule has 1 aliphatic rings. The zero-order chi connectivity index (χ0) is 14.3. The SMILES string of the molecule is Cc1noc(C(=O)N2CCc3cc(Br)c(F)cc3C2)n1. The average Bonchev–Trinajstić information content (AvgIpc) is 2.85. The summed E-state index contributed by atoms with van der Waals surface area (Å²) in [6.45, 7) is 2.55. The predicted molar refractivity (Wildman–Crippen MR) is 71.6 cm³/mol. The van der Waals surface area contributed by atoms with Crippen LogP contribution in [0.3, 0.4) is 0 Å². The Morgan fingerprint density at radius 3 is 2.95 bits per heavy atom. The number of aryl methyl sites for hydroxylation is 1. The molecule has 1 amide bonds. The van der Waals surface area contributed by atoms with Crippen LogP contribution in [0, 0.1) is 12.7 Å². The van der Waals surface area contributed by atoms with Gasteiger partial charge in [-0.15, -0.1) is 0 Å². The van der Waals surface area contributed by atoms with Crippen molar-refractivity contribution < 1.29 is 13.7 Å². The van der Waals surface area contributed by atoms with E-state index in [0.29, 0.717) is 29.8 Å². The topological polar surface area (TPSA) is 59.2 Å². The molecule has 1 aromatic heterocycles. The minimum absolute atomic E-state index is 0.0245. The second-order valence-corrected chi connectivity index (χ2v) is 5.51. The first-order valence-electron chi connectivity index (χ1n) is 6.11. The maximum absolute atomic E-state index is 13.6. The second-order valence-electron chi connectivity index (χ2n) is 4.66. The number of benzene rings is 1. The number of halogens is 2. The van der Waals surface area contributed by atoms with Crippen molar-refractivity contribution in [1.82, 2.24) is 15.0 Å².